The number of nitrogens with zero attached hydrogens (tertiary/aromatic N) is 1. The van der Waals surface area contributed by atoms with Gasteiger partial charge < -0.3 is 9.32 Å². The molecule has 3 heteroatoms. The van der Waals surface area contributed by atoms with Gasteiger partial charge in [0.2, 0.25) is 0 Å². The summed E-state index contributed by atoms with van der Waals surface area (Å²) < 4.78 is 6.61. The highest BCUT2D eigenvalue weighted by atomic mass is 32.2. The van der Waals surface area contributed by atoms with Gasteiger partial charge in [-0.1, -0.05) is 194 Å². The van der Waals surface area contributed by atoms with Gasteiger partial charge in [0.25, 0.3) is 0 Å². The minimum Gasteiger partial charge on any atom is -0.456 e. The van der Waals surface area contributed by atoms with Crippen molar-refractivity contribution in [2.75, 3.05) is 4.90 Å². The van der Waals surface area contributed by atoms with Crippen molar-refractivity contribution in [3.63, 3.8) is 0 Å². The second-order valence-corrected chi connectivity index (χ2v) is 18.5. The molecule has 0 saturated carbocycles. The van der Waals surface area contributed by atoms with E-state index in [4.69, 9.17) is 4.42 Å². The molecule has 1 aromatic heterocycles. The summed E-state index contributed by atoms with van der Waals surface area (Å²) in [6.07, 6.45) is 0. The molecule has 14 rings (SSSR count). The molecule has 0 fully saturated rings. The fourth-order valence-corrected chi connectivity index (χ4v) is 13.1. The van der Waals surface area contributed by atoms with E-state index in [0.717, 1.165) is 39.0 Å². The number of rotatable bonds is 5. The second-order valence-electron chi connectivity index (χ2n) is 17.5. The Kier molecular flexibility index (Phi) is 7.79. The van der Waals surface area contributed by atoms with E-state index in [2.05, 4.69) is 241 Å². The van der Waals surface area contributed by atoms with Crippen molar-refractivity contribution < 1.29 is 4.42 Å². The summed E-state index contributed by atoms with van der Waals surface area (Å²) >= 11 is 1.88. The van der Waals surface area contributed by atoms with E-state index in [-0.39, 0.29) is 0 Å². The van der Waals surface area contributed by atoms with Crippen LogP contribution in [0.5, 0.6) is 0 Å². The van der Waals surface area contributed by atoms with E-state index in [1.807, 2.05) is 11.8 Å². The van der Waals surface area contributed by atoms with Crippen LogP contribution in [0.3, 0.4) is 0 Å². The molecule has 10 aromatic carbocycles. The van der Waals surface area contributed by atoms with Gasteiger partial charge >= 0.3 is 0 Å². The summed E-state index contributed by atoms with van der Waals surface area (Å²) in [5.41, 5.74) is 19.4. The van der Waals surface area contributed by atoms with Crippen LogP contribution in [0, 0.1) is 0 Å². The summed E-state index contributed by atoms with van der Waals surface area (Å²) in [5.74, 6) is 0. The average Bonchev–Trinajstić information content (AvgIpc) is 4.01. The molecule has 0 bridgehead atoms. The number of benzene rings is 10. The minimum atomic E-state index is -0.512. The average molecular weight is 846 g/mol. The molecule has 0 unspecified atom stereocenters. The Morgan fingerprint density at radius 2 is 0.846 bits per heavy atom. The third-order valence-electron chi connectivity index (χ3n) is 14.4. The number of hydrogen-bond acceptors (Lipinski definition) is 3. The van der Waals surface area contributed by atoms with Crippen molar-refractivity contribution in [2.45, 2.75) is 20.6 Å². The molecule has 0 saturated heterocycles. The Morgan fingerprint density at radius 3 is 1.55 bits per heavy atom. The topological polar surface area (TPSA) is 16.4 Å². The maximum absolute atomic E-state index is 6.61. The highest BCUT2D eigenvalue weighted by Gasteiger charge is 2.51. The van der Waals surface area contributed by atoms with Crippen LogP contribution in [0.15, 0.2) is 251 Å². The van der Waals surface area contributed by atoms with Crippen LogP contribution in [0.25, 0.3) is 44.2 Å². The SMILES string of the molecule is c1ccc(C2(c3ccccc3)c3ccccc3-c3cc(N(c4ccc5c(c4)C4(c6ccccc6S5)c5ccccc5-c5ccccc54)c4cccc5oc6ccccc6c45)ccc32)cc1. The lowest BCUT2D eigenvalue weighted by Crippen LogP contribution is -2.32. The third-order valence-corrected chi connectivity index (χ3v) is 15.6. The smallest absolute Gasteiger partial charge is 0.137 e. The first-order chi connectivity index (χ1) is 32.2. The molecule has 2 heterocycles. The first-order valence-corrected chi connectivity index (χ1v) is 23.2. The van der Waals surface area contributed by atoms with Gasteiger partial charge in [-0.15, -0.1) is 0 Å². The fourth-order valence-electron chi connectivity index (χ4n) is 11.9. The summed E-state index contributed by atoms with van der Waals surface area (Å²) in [6.45, 7) is 0. The first-order valence-electron chi connectivity index (χ1n) is 22.4. The molecule has 2 aliphatic carbocycles. The Hall–Kier alpha value is -7.85. The van der Waals surface area contributed by atoms with Gasteiger partial charge in [0.15, 0.2) is 0 Å². The molecule has 0 amide bonds. The van der Waals surface area contributed by atoms with E-state index < -0.39 is 10.8 Å². The van der Waals surface area contributed by atoms with Crippen LogP contribution in [0.4, 0.5) is 17.1 Å². The van der Waals surface area contributed by atoms with Crippen molar-refractivity contribution >= 4 is 50.8 Å². The number of hydrogen-bond donors (Lipinski definition) is 0. The molecule has 1 spiro atoms. The lowest BCUT2D eigenvalue weighted by atomic mass is 9.67. The number of fused-ring (bicyclic) bond motifs is 15. The Balaban J connectivity index is 1.07. The van der Waals surface area contributed by atoms with Crippen molar-refractivity contribution in [1.29, 1.82) is 0 Å². The number of anilines is 3. The Bertz CT molecular complexity index is 3630. The quantitative estimate of drug-likeness (QED) is 0.172. The molecule has 0 N–H and O–H groups in total. The van der Waals surface area contributed by atoms with Gasteiger partial charge in [-0.2, -0.15) is 0 Å². The maximum Gasteiger partial charge on any atom is 0.137 e. The molecule has 0 radical (unpaired) electrons. The van der Waals surface area contributed by atoms with Gasteiger partial charge in [0, 0.05) is 26.6 Å². The van der Waals surface area contributed by atoms with Gasteiger partial charge in [-0.05, 0) is 121 Å². The lowest BCUT2D eigenvalue weighted by molar-refractivity contribution is 0.669. The zero-order valence-electron chi connectivity index (χ0n) is 35.3. The summed E-state index contributed by atoms with van der Waals surface area (Å²) in [7, 11) is 0. The monoisotopic (exact) mass is 845 g/mol. The van der Waals surface area contributed by atoms with Crippen LogP contribution >= 0.6 is 11.8 Å². The highest BCUT2D eigenvalue weighted by Crippen LogP contribution is 2.63. The molecule has 2 nitrogen and oxygen atoms in total. The second kappa shape index (κ2) is 13.8. The predicted octanol–water partition coefficient (Wildman–Crippen LogP) is 16.2. The fraction of sp³-hybridized carbons (Fsp3) is 0.0323. The van der Waals surface area contributed by atoms with Crippen LogP contribution in [0.2, 0.25) is 0 Å². The van der Waals surface area contributed by atoms with E-state index in [0.29, 0.717) is 0 Å². The zero-order valence-corrected chi connectivity index (χ0v) is 36.1. The largest absolute Gasteiger partial charge is 0.456 e. The molecule has 1 aliphatic heterocycles. The highest BCUT2D eigenvalue weighted by molar-refractivity contribution is 7.99. The predicted molar refractivity (Wildman–Crippen MR) is 267 cm³/mol. The Labute approximate surface area is 382 Å². The van der Waals surface area contributed by atoms with Crippen LogP contribution in [0.1, 0.15) is 44.5 Å². The Morgan fingerprint density at radius 1 is 0.338 bits per heavy atom. The molecule has 65 heavy (non-hydrogen) atoms. The summed E-state index contributed by atoms with van der Waals surface area (Å²) in [4.78, 5) is 5.05. The van der Waals surface area contributed by atoms with E-state index in [1.54, 1.807) is 0 Å². The molecular weight excluding hydrogens is 807 g/mol. The van der Waals surface area contributed by atoms with Crippen molar-refractivity contribution in [1.82, 2.24) is 0 Å². The van der Waals surface area contributed by atoms with Crippen LogP contribution in [-0.2, 0) is 10.8 Å². The maximum atomic E-state index is 6.61. The standard InChI is InChI=1S/C62H39NOS/c1-3-18-40(19-4-1)61(41-20-5-2-6-21-41)49-26-11-9-24-46(49)48-38-42(34-36-52(48)61)63(55-30-17-32-57-60(55)47-25-10-15-31-56(47)64-57)43-35-37-59-54(39-43)62(53-29-14-16-33-58(53)65-59)50-27-12-7-22-44(50)45-23-8-13-28-51(45)62/h1-39H. The number of furan rings is 1. The zero-order chi connectivity index (χ0) is 42.7. The van der Waals surface area contributed by atoms with Crippen molar-refractivity contribution in [2.24, 2.45) is 0 Å². The van der Waals surface area contributed by atoms with E-state index >= 15 is 0 Å². The molecule has 11 aromatic rings. The summed E-state index contributed by atoms with van der Waals surface area (Å²) in [5, 5.41) is 2.19. The number of para-hydroxylation sites is 1. The van der Waals surface area contributed by atoms with Crippen LogP contribution < -0.4 is 4.90 Å². The van der Waals surface area contributed by atoms with E-state index in [9.17, 15) is 0 Å². The molecular formula is C62H39NOS. The first kappa shape index (κ1) is 36.6. The van der Waals surface area contributed by atoms with Gasteiger partial charge in [0.05, 0.1) is 21.9 Å². The third kappa shape index (κ3) is 4.91. The van der Waals surface area contributed by atoms with Crippen molar-refractivity contribution in [3.8, 4) is 22.3 Å². The van der Waals surface area contributed by atoms with Gasteiger partial charge in [-0.25, -0.2) is 0 Å². The van der Waals surface area contributed by atoms with Gasteiger partial charge in [0.1, 0.15) is 11.2 Å². The van der Waals surface area contributed by atoms with Crippen molar-refractivity contribution in [3.05, 3.63) is 281 Å². The van der Waals surface area contributed by atoms with Gasteiger partial charge in [-0.3, -0.25) is 0 Å². The van der Waals surface area contributed by atoms with Crippen LogP contribution in [-0.4, -0.2) is 0 Å². The minimum absolute atomic E-state index is 0.495. The molecule has 3 aliphatic rings. The normalized spacial score (nSPS) is 14.3. The molecule has 304 valence electrons. The molecule has 0 atom stereocenters. The van der Waals surface area contributed by atoms with E-state index in [1.165, 1.54) is 76.6 Å². The summed E-state index contributed by atoms with van der Waals surface area (Å²) in [6, 6.07) is 87.7. The lowest BCUT2D eigenvalue weighted by Gasteiger charge is -2.40.